The summed E-state index contributed by atoms with van der Waals surface area (Å²) < 4.78 is 1.65. The van der Waals surface area contributed by atoms with Crippen molar-refractivity contribution in [2.75, 3.05) is 5.75 Å². The minimum atomic E-state index is -0.127. The van der Waals surface area contributed by atoms with Gasteiger partial charge in [0.1, 0.15) is 6.33 Å². The van der Waals surface area contributed by atoms with Crippen molar-refractivity contribution in [3.05, 3.63) is 45.9 Å². The summed E-state index contributed by atoms with van der Waals surface area (Å²) in [4.78, 5) is 39.1. The summed E-state index contributed by atoms with van der Waals surface area (Å²) in [6.07, 6.45) is 3.57. The van der Waals surface area contributed by atoms with E-state index < -0.39 is 0 Å². The van der Waals surface area contributed by atoms with Crippen molar-refractivity contribution < 1.29 is 4.79 Å². The number of rotatable bonds is 2. The highest BCUT2D eigenvalue weighted by Crippen LogP contribution is 2.33. The Morgan fingerprint density at radius 2 is 2.30 bits per heavy atom. The molecule has 0 radical (unpaired) electrons. The van der Waals surface area contributed by atoms with Crippen LogP contribution in [0.25, 0.3) is 0 Å². The van der Waals surface area contributed by atoms with Crippen LogP contribution in [0, 0.1) is 6.92 Å². The van der Waals surface area contributed by atoms with E-state index in [-0.39, 0.29) is 17.5 Å². The maximum absolute atomic E-state index is 12.6. The van der Waals surface area contributed by atoms with E-state index in [0.717, 1.165) is 11.3 Å². The number of aryl methyl sites for hydroxylation is 1. The van der Waals surface area contributed by atoms with Crippen LogP contribution >= 0.6 is 11.8 Å². The Bertz CT molecular complexity index is 825. The third-order valence-corrected chi connectivity index (χ3v) is 5.26. The van der Waals surface area contributed by atoms with Crippen molar-refractivity contribution in [2.45, 2.75) is 37.6 Å². The van der Waals surface area contributed by atoms with Crippen molar-refractivity contribution in [3.8, 4) is 0 Å². The minimum absolute atomic E-state index is 0.0360. The first-order valence-corrected chi connectivity index (χ1v) is 8.39. The Kier molecular flexibility index (Phi) is 3.41. The van der Waals surface area contributed by atoms with E-state index in [1.807, 2.05) is 6.92 Å². The van der Waals surface area contributed by atoms with Crippen molar-refractivity contribution in [1.29, 1.82) is 0 Å². The van der Waals surface area contributed by atoms with E-state index in [2.05, 4.69) is 15.0 Å². The van der Waals surface area contributed by atoms with Gasteiger partial charge in [-0.15, -0.1) is 0 Å². The highest BCUT2D eigenvalue weighted by Gasteiger charge is 2.31. The monoisotopic (exact) mass is 329 g/mol. The maximum Gasteiger partial charge on any atom is 0.254 e. The standard InChI is InChI=1S/C15H15N5O2S/c1-9-2-14(22)20-11(7-23-15(20)18-9)3-13(21)19-5-10-4-16-8-17-12(10)6-19/h2,4,8,11H,3,5-7H2,1H3. The summed E-state index contributed by atoms with van der Waals surface area (Å²) in [7, 11) is 0. The Morgan fingerprint density at radius 1 is 1.43 bits per heavy atom. The van der Waals surface area contributed by atoms with Gasteiger partial charge >= 0.3 is 0 Å². The molecule has 0 aliphatic carbocycles. The normalized spacial score (nSPS) is 18.8. The highest BCUT2D eigenvalue weighted by molar-refractivity contribution is 7.99. The Labute approximate surface area is 136 Å². The molecule has 0 saturated heterocycles. The molecule has 2 aliphatic heterocycles. The zero-order valence-corrected chi connectivity index (χ0v) is 13.4. The third-order valence-electron chi connectivity index (χ3n) is 4.16. The lowest BCUT2D eigenvalue weighted by Gasteiger charge is -2.19. The van der Waals surface area contributed by atoms with Gasteiger partial charge < -0.3 is 4.90 Å². The summed E-state index contributed by atoms with van der Waals surface area (Å²) in [6.45, 7) is 2.87. The van der Waals surface area contributed by atoms with Gasteiger partial charge in [-0.1, -0.05) is 11.8 Å². The molecule has 4 rings (SSSR count). The fourth-order valence-electron chi connectivity index (χ4n) is 3.02. The van der Waals surface area contributed by atoms with Crippen LogP contribution in [0.1, 0.15) is 29.4 Å². The molecular formula is C15H15N5O2S. The van der Waals surface area contributed by atoms with Gasteiger partial charge in [-0.3, -0.25) is 14.2 Å². The van der Waals surface area contributed by atoms with Crippen molar-refractivity contribution in [3.63, 3.8) is 0 Å². The summed E-state index contributed by atoms with van der Waals surface area (Å²) in [5.74, 6) is 0.742. The molecule has 0 aromatic carbocycles. The minimum Gasteiger partial charge on any atom is -0.332 e. The van der Waals surface area contributed by atoms with Gasteiger partial charge in [0.05, 0.1) is 18.3 Å². The van der Waals surface area contributed by atoms with E-state index in [9.17, 15) is 9.59 Å². The molecule has 1 atom stereocenters. The lowest BCUT2D eigenvalue weighted by atomic mass is 10.2. The second-order valence-corrected chi connectivity index (χ2v) is 6.79. The number of hydrogen-bond acceptors (Lipinski definition) is 6. The summed E-state index contributed by atoms with van der Waals surface area (Å²) in [5.41, 5.74) is 2.54. The number of carbonyl (C=O) groups excluding carboxylic acids is 1. The number of carbonyl (C=O) groups is 1. The molecule has 2 aromatic rings. The van der Waals surface area contributed by atoms with Crippen LogP contribution < -0.4 is 5.56 Å². The fraction of sp³-hybridized carbons (Fsp3) is 0.400. The number of amides is 1. The largest absolute Gasteiger partial charge is 0.332 e. The SMILES string of the molecule is Cc1cc(=O)n2c(n1)SCC2CC(=O)N1Cc2cncnc2C1. The molecule has 7 nitrogen and oxygen atoms in total. The average Bonchev–Trinajstić information content (AvgIpc) is 3.11. The van der Waals surface area contributed by atoms with E-state index in [0.29, 0.717) is 36.1 Å². The van der Waals surface area contributed by atoms with Crippen LogP contribution in [0.3, 0.4) is 0 Å². The molecule has 2 aliphatic rings. The van der Waals surface area contributed by atoms with Crippen molar-refractivity contribution >= 4 is 17.7 Å². The maximum atomic E-state index is 12.6. The quantitative estimate of drug-likeness (QED) is 0.762. The Hall–Kier alpha value is -2.22. The second kappa shape index (κ2) is 5.45. The van der Waals surface area contributed by atoms with Gasteiger partial charge in [0.15, 0.2) is 5.16 Å². The van der Waals surface area contributed by atoms with Crippen molar-refractivity contribution in [1.82, 2.24) is 24.4 Å². The van der Waals surface area contributed by atoms with Gasteiger partial charge in [0, 0.05) is 42.2 Å². The number of aromatic nitrogens is 4. The molecule has 8 heteroatoms. The van der Waals surface area contributed by atoms with Crippen LogP contribution in [0.2, 0.25) is 0 Å². The summed E-state index contributed by atoms with van der Waals surface area (Å²) in [6, 6.07) is 1.40. The van der Waals surface area contributed by atoms with Gasteiger partial charge in [-0.05, 0) is 6.92 Å². The number of hydrogen-bond donors (Lipinski definition) is 0. The molecule has 4 heterocycles. The molecule has 0 N–H and O–H groups in total. The molecule has 1 amide bonds. The lowest BCUT2D eigenvalue weighted by molar-refractivity contribution is -0.132. The predicted molar refractivity (Wildman–Crippen MR) is 83.9 cm³/mol. The fourth-order valence-corrected chi connectivity index (χ4v) is 4.22. The zero-order chi connectivity index (χ0) is 16.0. The molecule has 0 saturated carbocycles. The van der Waals surface area contributed by atoms with Crippen LogP contribution in [0.4, 0.5) is 0 Å². The number of fused-ring (bicyclic) bond motifs is 2. The van der Waals surface area contributed by atoms with E-state index in [4.69, 9.17) is 0 Å². The predicted octanol–water partition coefficient (Wildman–Crippen LogP) is 0.921. The van der Waals surface area contributed by atoms with E-state index >= 15 is 0 Å². The van der Waals surface area contributed by atoms with E-state index in [1.54, 1.807) is 15.7 Å². The van der Waals surface area contributed by atoms with Gasteiger partial charge in [-0.2, -0.15) is 0 Å². The number of nitrogens with zero attached hydrogens (tertiary/aromatic N) is 5. The van der Waals surface area contributed by atoms with Crippen LogP contribution in [0.15, 0.2) is 28.5 Å². The highest BCUT2D eigenvalue weighted by atomic mass is 32.2. The summed E-state index contributed by atoms with van der Waals surface area (Å²) >= 11 is 1.53. The van der Waals surface area contributed by atoms with E-state index in [1.165, 1.54) is 24.2 Å². The molecule has 2 aromatic heterocycles. The molecular weight excluding hydrogens is 314 g/mol. The molecule has 23 heavy (non-hydrogen) atoms. The van der Waals surface area contributed by atoms with Crippen LogP contribution in [-0.2, 0) is 17.9 Å². The first-order chi connectivity index (χ1) is 11.1. The Morgan fingerprint density at radius 3 is 3.13 bits per heavy atom. The van der Waals surface area contributed by atoms with Gasteiger partial charge in [0.25, 0.3) is 5.56 Å². The van der Waals surface area contributed by atoms with Gasteiger partial charge in [0.2, 0.25) is 5.91 Å². The van der Waals surface area contributed by atoms with Crippen LogP contribution in [-0.4, -0.2) is 36.1 Å². The molecule has 0 spiro atoms. The van der Waals surface area contributed by atoms with Crippen molar-refractivity contribution in [2.24, 2.45) is 0 Å². The molecule has 0 bridgehead atoms. The first kappa shape index (κ1) is 14.4. The average molecular weight is 329 g/mol. The molecule has 118 valence electrons. The first-order valence-electron chi connectivity index (χ1n) is 7.40. The second-order valence-electron chi connectivity index (χ2n) is 5.80. The van der Waals surface area contributed by atoms with Gasteiger partial charge in [-0.25, -0.2) is 15.0 Å². The van der Waals surface area contributed by atoms with Crippen LogP contribution in [0.5, 0.6) is 0 Å². The summed E-state index contributed by atoms with van der Waals surface area (Å²) in [5, 5.41) is 0.711. The number of thioether (sulfide) groups is 1. The zero-order valence-electron chi connectivity index (χ0n) is 12.6. The Balaban J connectivity index is 1.51. The molecule has 1 unspecified atom stereocenters. The molecule has 0 fully saturated rings. The topological polar surface area (TPSA) is 81.0 Å². The lowest BCUT2D eigenvalue weighted by Crippen LogP contribution is -2.31. The third kappa shape index (κ3) is 2.52. The smallest absolute Gasteiger partial charge is 0.254 e.